The number of aromatic nitrogens is 1. The third kappa shape index (κ3) is 6.85. The quantitative estimate of drug-likeness (QED) is 0.182. The fraction of sp³-hybridized carbons (Fsp3) is 0.364. The summed E-state index contributed by atoms with van der Waals surface area (Å²) < 4.78 is 0. The predicted octanol–water partition coefficient (Wildman–Crippen LogP) is -0.151. The van der Waals surface area contributed by atoms with Crippen molar-refractivity contribution in [2.45, 2.75) is 18.9 Å². The van der Waals surface area contributed by atoms with Crippen LogP contribution in [0.25, 0.3) is 0 Å². The number of carbonyl (C=O) groups is 4. The van der Waals surface area contributed by atoms with E-state index in [1.807, 2.05) is 6.07 Å². The van der Waals surface area contributed by atoms with Crippen LogP contribution in [0.5, 0.6) is 0 Å². The van der Waals surface area contributed by atoms with Crippen LogP contribution >= 0.6 is 11.3 Å². The zero-order valence-corrected chi connectivity index (χ0v) is 19.4. The lowest BCUT2D eigenvalue weighted by Crippen LogP contribution is -2.55. The van der Waals surface area contributed by atoms with Crippen molar-refractivity contribution in [1.82, 2.24) is 20.1 Å². The van der Waals surface area contributed by atoms with Gasteiger partial charge in [0, 0.05) is 36.8 Å². The molecule has 2 aromatic rings. The number of guanidine groups is 1. The molecule has 0 radical (unpaired) electrons. The van der Waals surface area contributed by atoms with Gasteiger partial charge in [-0.05, 0) is 25.0 Å². The highest BCUT2D eigenvalue weighted by molar-refractivity contribution is 7.11. The molecule has 1 atom stereocenters. The monoisotopic (exact) mass is 485 g/mol. The van der Waals surface area contributed by atoms with Crippen molar-refractivity contribution >= 4 is 40.8 Å². The third-order valence-corrected chi connectivity index (χ3v) is 5.99. The molecule has 0 saturated carbocycles. The number of Topliss-reactive ketones (excluding diaryl/α,β-unsaturated/α-hetero) is 1. The number of thiazole rings is 1. The van der Waals surface area contributed by atoms with Gasteiger partial charge in [0.25, 0.3) is 5.91 Å². The highest BCUT2D eigenvalue weighted by atomic mass is 32.1. The van der Waals surface area contributed by atoms with Crippen molar-refractivity contribution in [3.8, 4) is 0 Å². The summed E-state index contributed by atoms with van der Waals surface area (Å²) in [7, 11) is 0. The largest absolute Gasteiger partial charge is 0.370 e. The Hall–Kier alpha value is -3.80. The van der Waals surface area contributed by atoms with Crippen molar-refractivity contribution in [3.63, 3.8) is 0 Å². The second-order valence-corrected chi connectivity index (χ2v) is 8.57. The Morgan fingerprint density at radius 2 is 1.94 bits per heavy atom. The number of nitrogens with zero attached hydrogens (tertiary/aromatic N) is 4. The van der Waals surface area contributed by atoms with Crippen molar-refractivity contribution in [2.75, 3.05) is 32.7 Å². The third-order valence-electron chi connectivity index (χ3n) is 5.20. The van der Waals surface area contributed by atoms with Gasteiger partial charge in [-0.25, -0.2) is 4.98 Å². The number of hydrogen-bond donors (Lipinski definition) is 3. The average molecular weight is 486 g/mol. The molecule has 1 aromatic carbocycles. The number of amides is 3. The molecule has 2 heterocycles. The number of benzene rings is 1. The fourth-order valence-corrected chi connectivity index (χ4v) is 4.12. The molecule has 11 nitrogen and oxygen atoms in total. The molecule has 1 fully saturated rings. The summed E-state index contributed by atoms with van der Waals surface area (Å²) in [5, 5.41) is 4.68. The maximum Gasteiger partial charge on any atom is 0.254 e. The predicted molar refractivity (Wildman–Crippen MR) is 127 cm³/mol. The second-order valence-electron chi connectivity index (χ2n) is 7.68. The van der Waals surface area contributed by atoms with Gasteiger partial charge in [-0.3, -0.25) is 24.2 Å². The smallest absolute Gasteiger partial charge is 0.254 e. The van der Waals surface area contributed by atoms with Crippen LogP contribution in [-0.4, -0.2) is 83.0 Å². The molecule has 1 aliphatic rings. The van der Waals surface area contributed by atoms with E-state index in [1.54, 1.807) is 29.6 Å². The van der Waals surface area contributed by atoms with Crippen LogP contribution in [0.15, 0.2) is 46.9 Å². The Bertz CT molecular complexity index is 1040. The number of rotatable bonds is 10. The Morgan fingerprint density at radius 1 is 1.18 bits per heavy atom. The molecule has 3 amide bonds. The molecule has 5 N–H and O–H groups in total. The molecular weight excluding hydrogens is 458 g/mol. The van der Waals surface area contributed by atoms with E-state index in [1.165, 1.54) is 27.3 Å². The summed E-state index contributed by atoms with van der Waals surface area (Å²) in [6, 6.07) is 7.90. The number of hydrogen-bond acceptors (Lipinski definition) is 7. The Labute approximate surface area is 200 Å². The number of nitrogens with two attached hydrogens (primary N) is 2. The second kappa shape index (κ2) is 11.9. The van der Waals surface area contributed by atoms with Crippen molar-refractivity contribution in [3.05, 3.63) is 52.5 Å². The normalized spacial score (nSPS) is 14.4. The number of nitrogens with one attached hydrogen (secondary N) is 1. The molecule has 0 aliphatic carbocycles. The Kier molecular flexibility index (Phi) is 8.68. The summed E-state index contributed by atoms with van der Waals surface area (Å²) in [5.74, 6) is -1.38. The summed E-state index contributed by atoms with van der Waals surface area (Å²) in [6.07, 6.45) is 2.30. The SMILES string of the molecule is NC(N)=NCCC[C@H](NC(=O)CN1CCN(C(=O)c2ccccc2)CC1=O)C(=O)c1nccs1. The zero-order valence-electron chi connectivity index (χ0n) is 18.6. The summed E-state index contributed by atoms with van der Waals surface area (Å²) in [5.41, 5.74) is 11.2. The molecule has 3 rings (SSSR count). The number of ketones is 1. The summed E-state index contributed by atoms with van der Waals surface area (Å²) >= 11 is 1.19. The minimum Gasteiger partial charge on any atom is -0.370 e. The van der Waals surface area contributed by atoms with Crippen LogP contribution in [0.1, 0.15) is 33.0 Å². The van der Waals surface area contributed by atoms with Gasteiger partial charge in [-0.2, -0.15) is 0 Å². The highest BCUT2D eigenvalue weighted by Gasteiger charge is 2.30. The first-order valence-corrected chi connectivity index (χ1v) is 11.6. The van der Waals surface area contributed by atoms with Gasteiger partial charge in [0.1, 0.15) is 6.54 Å². The molecular formula is C22H27N7O4S. The number of piperazine rings is 1. The summed E-state index contributed by atoms with van der Waals surface area (Å²) in [6.45, 7) is 0.533. The number of aliphatic imine (C=N–C) groups is 1. The molecule has 0 spiro atoms. The van der Waals surface area contributed by atoms with Crippen LogP contribution in [0.4, 0.5) is 0 Å². The van der Waals surface area contributed by atoms with E-state index in [4.69, 9.17) is 11.5 Å². The van der Waals surface area contributed by atoms with Gasteiger partial charge in [-0.15, -0.1) is 11.3 Å². The van der Waals surface area contributed by atoms with E-state index in [9.17, 15) is 19.2 Å². The van der Waals surface area contributed by atoms with Gasteiger partial charge < -0.3 is 26.6 Å². The van der Waals surface area contributed by atoms with Crippen molar-refractivity contribution < 1.29 is 19.2 Å². The zero-order chi connectivity index (χ0) is 24.5. The molecule has 180 valence electrons. The maximum absolute atomic E-state index is 12.8. The molecule has 1 aliphatic heterocycles. The Balaban J connectivity index is 1.56. The minimum absolute atomic E-state index is 0.0461. The Morgan fingerprint density at radius 3 is 2.59 bits per heavy atom. The van der Waals surface area contributed by atoms with Gasteiger partial charge in [0.15, 0.2) is 11.0 Å². The lowest BCUT2D eigenvalue weighted by molar-refractivity contribution is -0.139. The van der Waals surface area contributed by atoms with Crippen LogP contribution in [-0.2, 0) is 9.59 Å². The molecule has 12 heteroatoms. The van der Waals surface area contributed by atoms with Crippen LogP contribution in [0.2, 0.25) is 0 Å². The van der Waals surface area contributed by atoms with E-state index in [2.05, 4.69) is 15.3 Å². The fourth-order valence-electron chi connectivity index (χ4n) is 3.49. The van der Waals surface area contributed by atoms with Gasteiger partial charge in [0.05, 0.1) is 12.6 Å². The van der Waals surface area contributed by atoms with Gasteiger partial charge in [-0.1, -0.05) is 18.2 Å². The standard InChI is InChI=1S/C22H27N7O4S/c23-22(24)26-8-4-7-16(19(32)20-25-9-12-34-20)27-17(30)13-28-10-11-29(14-18(28)31)21(33)15-5-2-1-3-6-15/h1-3,5-6,9,12,16H,4,7-8,10-11,13-14H2,(H,27,30)(H4,23,24,26)/t16-/m0/s1. The van der Waals surface area contributed by atoms with Gasteiger partial charge in [0.2, 0.25) is 17.6 Å². The highest BCUT2D eigenvalue weighted by Crippen LogP contribution is 2.12. The molecule has 1 aromatic heterocycles. The summed E-state index contributed by atoms with van der Waals surface area (Å²) in [4.78, 5) is 61.4. The lowest BCUT2D eigenvalue weighted by atomic mass is 10.1. The minimum atomic E-state index is -0.816. The molecule has 0 bridgehead atoms. The van der Waals surface area contributed by atoms with Gasteiger partial charge >= 0.3 is 0 Å². The van der Waals surface area contributed by atoms with E-state index in [0.717, 1.165) is 0 Å². The lowest BCUT2D eigenvalue weighted by Gasteiger charge is -2.34. The molecule has 1 saturated heterocycles. The van der Waals surface area contributed by atoms with Crippen molar-refractivity contribution in [2.24, 2.45) is 16.5 Å². The first-order chi connectivity index (χ1) is 16.3. The first kappa shape index (κ1) is 24.8. The van der Waals surface area contributed by atoms with E-state index >= 15 is 0 Å². The van der Waals surface area contributed by atoms with Crippen LogP contribution in [0.3, 0.4) is 0 Å². The maximum atomic E-state index is 12.8. The average Bonchev–Trinajstić information content (AvgIpc) is 3.37. The van der Waals surface area contributed by atoms with Crippen molar-refractivity contribution in [1.29, 1.82) is 0 Å². The van der Waals surface area contributed by atoms with E-state index in [-0.39, 0.29) is 48.2 Å². The first-order valence-electron chi connectivity index (χ1n) is 10.8. The van der Waals surface area contributed by atoms with E-state index in [0.29, 0.717) is 31.5 Å². The van der Waals surface area contributed by atoms with Crippen LogP contribution in [0, 0.1) is 0 Å². The number of carbonyl (C=O) groups excluding carboxylic acids is 4. The molecule has 34 heavy (non-hydrogen) atoms. The van der Waals surface area contributed by atoms with E-state index < -0.39 is 11.9 Å². The topological polar surface area (TPSA) is 164 Å². The van der Waals surface area contributed by atoms with Crippen LogP contribution < -0.4 is 16.8 Å². The molecule has 0 unspecified atom stereocenters.